The number of carbonyl (C=O) groups excluding carboxylic acids is 1. The number of aromatic nitrogens is 2. The molecule has 0 aliphatic heterocycles. The fraction of sp³-hybridized carbons (Fsp3) is 0.500. The van der Waals surface area contributed by atoms with E-state index in [0.29, 0.717) is 0 Å². The van der Waals surface area contributed by atoms with Crippen LogP contribution in [0.4, 0.5) is 0 Å². The Labute approximate surface area is 71.2 Å². The van der Waals surface area contributed by atoms with Crippen LogP contribution < -0.4 is 5.69 Å². The summed E-state index contributed by atoms with van der Waals surface area (Å²) in [5.74, 6) is -0.0262. The SMILES string of the molecule is CC.CC(=O)Cn1cc[nH]c1=O. The van der Waals surface area contributed by atoms with E-state index >= 15 is 0 Å². The monoisotopic (exact) mass is 170 g/mol. The van der Waals surface area contributed by atoms with Crippen molar-refractivity contribution in [1.82, 2.24) is 9.55 Å². The van der Waals surface area contributed by atoms with Crippen LogP contribution in [0.3, 0.4) is 0 Å². The number of carbonyl (C=O) groups is 1. The first-order valence-electron chi connectivity index (χ1n) is 3.93. The first-order chi connectivity index (χ1) is 5.70. The summed E-state index contributed by atoms with van der Waals surface area (Å²) in [5, 5.41) is 0. The molecule has 0 spiro atoms. The van der Waals surface area contributed by atoms with Crippen molar-refractivity contribution in [3.8, 4) is 0 Å². The Morgan fingerprint density at radius 2 is 2.17 bits per heavy atom. The standard InChI is InChI=1S/C6H8N2O2.C2H6/c1-5(9)4-8-3-2-7-6(8)10;1-2/h2-3H,4H2,1H3,(H,7,10);1-2H3. The van der Waals surface area contributed by atoms with E-state index in [1.165, 1.54) is 17.7 Å². The van der Waals surface area contributed by atoms with Crippen molar-refractivity contribution in [2.24, 2.45) is 0 Å². The van der Waals surface area contributed by atoms with Gasteiger partial charge in [0.2, 0.25) is 0 Å². The maximum absolute atomic E-state index is 10.7. The summed E-state index contributed by atoms with van der Waals surface area (Å²) in [4.78, 5) is 23.6. The van der Waals surface area contributed by atoms with Crippen molar-refractivity contribution >= 4 is 5.78 Å². The highest BCUT2D eigenvalue weighted by atomic mass is 16.2. The van der Waals surface area contributed by atoms with Crippen LogP contribution in [0, 0.1) is 0 Å². The van der Waals surface area contributed by atoms with Crippen LogP contribution in [0.5, 0.6) is 0 Å². The predicted molar refractivity (Wildman–Crippen MR) is 47.1 cm³/mol. The van der Waals surface area contributed by atoms with Gasteiger partial charge in [-0.1, -0.05) is 13.8 Å². The van der Waals surface area contributed by atoms with Crippen molar-refractivity contribution in [2.75, 3.05) is 0 Å². The zero-order chi connectivity index (χ0) is 9.56. The van der Waals surface area contributed by atoms with E-state index in [4.69, 9.17) is 0 Å². The third kappa shape index (κ3) is 3.18. The number of nitrogens with zero attached hydrogens (tertiary/aromatic N) is 1. The first-order valence-corrected chi connectivity index (χ1v) is 3.93. The molecular formula is C8H14N2O2. The zero-order valence-corrected chi connectivity index (χ0v) is 7.63. The second-order valence-corrected chi connectivity index (χ2v) is 2.10. The molecule has 4 heteroatoms. The topological polar surface area (TPSA) is 54.9 Å². The van der Waals surface area contributed by atoms with E-state index in [2.05, 4.69) is 4.98 Å². The van der Waals surface area contributed by atoms with Gasteiger partial charge in [-0.2, -0.15) is 0 Å². The summed E-state index contributed by atoms with van der Waals surface area (Å²) in [6.07, 6.45) is 3.05. The number of ketones is 1. The van der Waals surface area contributed by atoms with E-state index in [-0.39, 0.29) is 18.0 Å². The minimum Gasteiger partial charge on any atom is -0.313 e. The fourth-order valence-electron chi connectivity index (χ4n) is 0.714. The molecule has 0 saturated heterocycles. The van der Waals surface area contributed by atoms with E-state index in [9.17, 15) is 9.59 Å². The van der Waals surface area contributed by atoms with Gasteiger partial charge in [-0.3, -0.25) is 9.36 Å². The molecule has 0 aliphatic rings. The quantitative estimate of drug-likeness (QED) is 0.713. The number of hydrogen-bond donors (Lipinski definition) is 1. The molecule has 0 saturated carbocycles. The van der Waals surface area contributed by atoms with E-state index in [1.54, 1.807) is 6.20 Å². The fourth-order valence-corrected chi connectivity index (χ4v) is 0.714. The zero-order valence-electron chi connectivity index (χ0n) is 7.63. The smallest absolute Gasteiger partial charge is 0.313 e. The van der Waals surface area contributed by atoms with Crippen LogP contribution in [-0.4, -0.2) is 15.3 Å². The molecule has 0 amide bonds. The van der Waals surface area contributed by atoms with Crippen molar-refractivity contribution in [1.29, 1.82) is 0 Å². The average molecular weight is 170 g/mol. The van der Waals surface area contributed by atoms with Gasteiger partial charge < -0.3 is 4.98 Å². The van der Waals surface area contributed by atoms with Gasteiger partial charge in [0, 0.05) is 12.4 Å². The molecule has 0 atom stereocenters. The third-order valence-corrected chi connectivity index (χ3v) is 1.12. The van der Waals surface area contributed by atoms with Gasteiger partial charge in [0.1, 0.15) is 5.78 Å². The Bertz CT molecular complexity index is 285. The summed E-state index contributed by atoms with van der Waals surface area (Å²) in [6, 6.07) is 0. The Kier molecular flexibility index (Phi) is 4.76. The molecule has 1 rings (SSSR count). The second-order valence-electron chi connectivity index (χ2n) is 2.10. The average Bonchev–Trinajstić information content (AvgIpc) is 2.40. The second kappa shape index (κ2) is 5.35. The Hall–Kier alpha value is -1.32. The lowest BCUT2D eigenvalue weighted by molar-refractivity contribution is -0.117. The summed E-state index contributed by atoms with van der Waals surface area (Å²) in [5.41, 5.74) is -0.241. The molecule has 1 N–H and O–H groups in total. The molecule has 12 heavy (non-hydrogen) atoms. The van der Waals surface area contributed by atoms with Crippen molar-refractivity contribution in [3.63, 3.8) is 0 Å². The molecule has 68 valence electrons. The molecule has 1 aromatic rings. The highest BCUT2D eigenvalue weighted by Crippen LogP contribution is 1.79. The normalized spacial score (nSPS) is 8.58. The van der Waals surface area contributed by atoms with Gasteiger partial charge in [0.25, 0.3) is 0 Å². The molecule has 0 aromatic carbocycles. The van der Waals surface area contributed by atoms with Crippen LogP contribution in [0.25, 0.3) is 0 Å². The van der Waals surface area contributed by atoms with Crippen LogP contribution in [0.15, 0.2) is 17.2 Å². The van der Waals surface area contributed by atoms with E-state index in [1.807, 2.05) is 13.8 Å². The van der Waals surface area contributed by atoms with Gasteiger partial charge in [0.15, 0.2) is 0 Å². The van der Waals surface area contributed by atoms with Crippen LogP contribution >= 0.6 is 0 Å². The van der Waals surface area contributed by atoms with Crippen molar-refractivity contribution in [2.45, 2.75) is 27.3 Å². The lowest BCUT2D eigenvalue weighted by Crippen LogP contribution is -2.19. The lowest BCUT2D eigenvalue weighted by atomic mass is 10.4. The molecule has 0 aliphatic carbocycles. The van der Waals surface area contributed by atoms with Crippen LogP contribution in [0.2, 0.25) is 0 Å². The van der Waals surface area contributed by atoms with Gasteiger partial charge in [-0.05, 0) is 6.92 Å². The largest absolute Gasteiger partial charge is 0.325 e. The molecule has 0 bridgehead atoms. The number of hydrogen-bond acceptors (Lipinski definition) is 2. The number of rotatable bonds is 2. The number of aromatic amines is 1. The predicted octanol–water partition coefficient (Wildman–Crippen LogP) is 0.792. The van der Waals surface area contributed by atoms with E-state index < -0.39 is 0 Å². The number of nitrogens with one attached hydrogen (secondary N) is 1. The van der Waals surface area contributed by atoms with Gasteiger partial charge >= 0.3 is 5.69 Å². The molecule has 0 fully saturated rings. The number of imidazole rings is 1. The van der Waals surface area contributed by atoms with Gasteiger partial charge in [-0.25, -0.2) is 4.79 Å². The molecule has 0 radical (unpaired) electrons. The molecule has 1 heterocycles. The Morgan fingerprint density at radius 1 is 1.58 bits per heavy atom. The summed E-state index contributed by atoms with van der Waals surface area (Å²) in [6.45, 7) is 5.60. The summed E-state index contributed by atoms with van der Waals surface area (Å²) >= 11 is 0. The van der Waals surface area contributed by atoms with Crippen molar-refractivity contribution in [3.05, 3.63) is 22.9 Å². The minimum atomic E-state index is -0.241. The maximum atomic E-state index is 10.7. The summed E-state index contributed by atoms with van der Waals surface area (Å²) in [7, 11) is 0. The van der Waals surface area contributed by atoms with E-state index in [0.717, 1.165) is 0 Å². The molecule has 1 aromatic heterocycles. The molecule has 4 nitrogen and oxygen atoms in total. The lowest BCUT2D eigenvalue weighted by Gasteiger charge is -1.92. The van der Waals surface area contributed by atoms with Gasteiger partial charge in [-0.15, -0.1) is 0 Å². The summed E-state index contributed by atoms with van der Waals surface area (Å²) < 4.78 is 1.32. The number of H-pyrrole nitrogens is 1. The van der Waals surface area contributed by atoms with Gasteiger partial charge in [0.05, 0.1) is 6.54 Å². The first kappa shape index (κ1) is 10.7. The third-order valence-electron chi connectivity index (χ3n) is 1.12. The van der Waals surface area contributed by atoms with Crippen LogP contribution in [0.1, 0.15) is 20.8 Å². The Morgan fingerprint density at radius 3 is 2.50 bits per heavy atom. The minimum absolute atomic E-state index is 0.0262. The highest BCUT2D eigenvalue weighted by molar-refractivity contribution is 5.75. The highest BCUT2D eigenvalue weighted by Gasteiger charge is 1.97. The molecule has 0 unspecified atom stereocenters. The Balaban J connectivity index is 0.000000561. The number of Topliss-reactive ketones (excluding diaryl/α,β-unsaturated/α-hetero) is 1. The van der Waals surface area contributed by atoms with Crippen LogP contribution in [-0.2, 0) is 11.3 Å². The maximum Gasteiger partial charge on any atom is 0.325 e. The van der Waals surface area contributed by atoms with Crippen molar-refractivity contribution < 1.29 is 4.79 Å². The molecular weight excluding hydrogens is 156 g/mol.